The summed E-state index contributed by atoms with van der Waals surface area (Å²) >= 11 is 0. The Bertz CT molecular complexity index is 597. The number of hydrogen-bond donors (Lipinski definition) is 1. The minimum absolute atomic E-state index is 0.475. The van der Waals surface area contributed by atoms with E-state index in [0.717, 1.165) is 24.1 Å². The second kappa shape index (κ2) is 18.2. The Balaban J connectivity index is 1.93. The van der Waals surface area contributed by atoms with E-state index in [2.05, 4.69) is 6.92 Å². The Labute approximate surface area is 192 Å². The zero-order valence-electron chi connectivity index (χ0n) is 20.9. The molecule has 0 aromatic carbocycles. The molecule has 0 amide bonds. The number of aromatic nitrogens is 1. The van der Waals surface area contributed by atoms with Gasteiger partial charge in [0.2, 0.25) is 0 Å². The molecule has 1 rings (SSSR count). The summed E-state index contributed by atoms with van der Waals surface area (Å²) in [5, 5.41) is 9.42. The highest BCUT2D eigenvalue weighted by Crippen LogP contribution is 2.17. The van der Waals surface area contributed by atoms with E-state index in [1.165, 1.54) is 109 Å². The first-order valence-electron chi connectivity index (χ1n) is 13.3. The zero-order valence-corrected chi connectivity index (χ0v) is 20.9. The van der Waals surface area contributed by atoms with Crippen LogP contribution in [-0.2, 0) is 13.5 Å². The lowest BCUT2D eigenvalue weighted by atomic mass is 9.99. The summed E-state index contributed by atoms with van der Waals surface area (Å²) < 4.78 is 2.02. The molecule has 0 atom stereocenters. The van der Waals surface area contributed by atoms with E-state index in [0.29, 0.717) is 5.56 Å². The number of nitrogens with zero attached hydrogens (tertiary/aromatic N) is 1. The smallest absolute Gasteiger partial charge is 0.336 e. The van der Waals surface area contributed by atoms with Crippen molar-refractivity contribution >= 4 is 5.97 Å². The van der Waals surface area contributed by atoms with Gasteiger partial charge >= 0.3 is 5.97 Å². The quantitative estimate of drug-likeness (QED) is 0.167. The highest BCUT2D eigenvalue weighted by molar-refractivity contribution is 5.89. The van der Waals surface area contributed by atoms with Crippen LogP contribution in [0, 0.1) is 6.92 Å². The summed E-state index contributed by atoms with van der Waals surface area (Å²) in [6.45, 7) is 4.31. The molecule has 0 spiro atoms. The number of pyridine rings is 1. The number of aromatic carboxylic acids is 1. The average Bonchev–Trinajstić information content (AvgIpc) is 2.75. The van der Waals surface area contributed by atoms with Gasteiger partial charge in [-0.2, -0.15) is 0 Å². The Hall–Kier alpha value is -1.38. The number of unbranched alkanes of at least 4 members (excludes halogenated alkanes) is 17. The van der Waals surface area contributed by atoms with Gasteiger partial charge in [0.1, 0.15) is 7.05 Å². The van der Waals surface area contributed by atoms with Gasteiger partial charge in [0.15, 0.2) is 11.9 Å². The van der Waals surface area contributed by atoms with Gasteiger partial charge in [0.25, 0.3) is 0 Å². The molecule has 1 aromatic rings. The molecule has 1 N–H and O–H groups in total. The second-order valence-corrected chi connectivity index (χ2v) is 9.47. The predicted octanol–water partition coefficient (Wildman–Crippen LogP) is 8.10. The van der Waals surface area contributed by atoms with Crippen LogP contribution in [0.15, 0.2) is 12.3 Å². The summed E-state index contributed by atoms with van der Waals surface area (Å²) in [7, 11) is 1.99. The lowest BCUT2D eigenvalue weighted by Gasteiger charge is -2.08. The van der Waals surface area contributed by atoms with Crippen molar-refractivity contribution in [1.82, 2.24) is 0 Å². The van der Waals surface area contributed by atoms with Gasteiger partial charge in [-0.25, -0.2) is 9.36 Å². The maximum atomic E-state index is 11.5. The van der Waals surface area contributed by atoms with E-state index in [1.54, 1.807) is 6.07 Å². The average molecular weight is 433 g/mol. The zero-order chi connectivity index (χ0) is 22.7. The third kappa shape index (κ3) is 12.9. The maximum absolute atomic E-state index is 11.5. The van der Waals surface area contributed by atoms with Crippen molar-refractivity contribution in [3.63, 3.8) is 0 Å². The molecule has 178 valence electrons. The normalized spacial score (nSPS) is 11.2. The first kappa shape index (κ1) is 27.7. The highest BCUT2D eigenvalue weighted by atomic mass is 16.4. The van der Waals surface area contributed by atoms with Crippen LogP contribution in [0.3, 0.4) is 0 Å². The molecule has 3 nitrogen and oxygen atoms in total. The molecular weight excluding hydrogens is 382 g/mol. The van der Waals surface area contributed by atoms with E-state index < -0.39 is 5.97 Å². The fourth-order valence-corrected chi connectivity index (χ4v) is 4.53. The molecule has 0 aliphatic heterocycles. The molecule has 0 aliphatic rings. The van der Waals surface area contributed by atoms with Gasteiger partial charge in [-0.1, -0.05) is 116 Å². The van der Waals surface area contributed by atoms with Crippen LogP contribution in [-0.4, -0.2) is 11.1 Å². The van der Waals surface area contributed by atoms with Crippen LogP contribution >= 0.6 is 0 Å². The summed E-state index contributed by atoms with van der Waals surface area (Å²) in [5.74, 6) is -0.805. The summed E-state index contributed by atoms with van der Waals surface area (Å²) in [5.41, 5.74) is 2.56. The third-order valence-electron chi connectivity index (χ3n) is 6.77. The lowest BCUT2D eigenvalue weighted by molar-refractivity contribution is -0.678. The Morgan fingerprint density at radius 1 is 0.742 bits per heavy atom. The number of carbonyl (C=O) groups is 1. The first-order valence-corrected chi connectivity index (χ1v) is 13.3. The van der Waals surface area contributed by atoms with Crippen molar-refractivity contribution in [2.45, 2.75) is 136 Å². The number of hydrogen-bond acceptors (Lipinski definition) is 1. The molecule has 0 saturated heterocycles. The van der Waals surface area contributed by atoms with Crippen molar-refractivity contribution in [2.75, 3.05) is 0 Å². The lowest BCUT2D eigenvalue weighted by Crippen LogP contribution is -2.33. The van der Waals surface area contributed by atoms with Crippen LogP contribution in [0.5, 0.6) is 0 Å². The van der Waals surface area contributed by atoms with E-state index >= 15 is 0 Å². The third-order valence-corrected chi connectivity index (χ3v) is 6.77. The van der Waals surface area contributed by atoms with Gasteiger partial charge in [-0.05, 0) is 12.8 Å². The summed E-state index contributed by atoms with van der Waals surface area (Å²) in [4.78, 5) is 11.5. The Morgan fingerprint density at radius 3 is 1.52 bits per heavy atom. The van der Waals surface area contributed by atoms with E-state index in [9.17, 15) is 9.90 Å². The fourth-order valence-electron chi connectivity index (χ4n) is 4.53. The summed E-state index contributed by atoms with van der Waals surface area (Å²) in [6, 6.07) is 1.74. The summed E-state index contributed by atoms with van der Waals surface area (Å²) in [6.07, 6.45) is 27.5. The molecule has 31 heavy (non-hydrogen) atoms. The minimum atomic E-state index is -0.805. The SMILES string of the molecule is CCCCCCCCCCCCCCCCCCCCc1c(C(=O)O)cc[n+](C)c1C. The minimum Gasteiger partial charge on any atom is -0.478 e. The van der Waals surface area contributed by atoms with Crippen molar-refractivity contribution in [1.29, 1.82) is 0 Å². The molecule has 0 aliphatic carbocycles. The largest absolute Gasteiger partial charge is 0.478 e. The van der Waals surface area contributed by atoms with E-state index in [4.69, 9.17) is 0 Å². The van der Waals surface area contributed by atoms with Crippen molar-refractivity contribution in [3.05, 3.63) is 29.1 Å². The van der Waals surface area contributed by atoms with Gasteiger partial charge in [-0.15, -0.1) is 0 Å². The molecule has 0 radical (unpaired) electrons. The molecule has 0 fully saturated rings. The van der Waals surface area contributed by atoms with Crippen LogP contribution < -0.4 is 4.57 Å². The van der Waals surface area contributed by atoms with Crippen molar-refractivity contribution < 1.29 is 14.5 Å². The van der Waals surface area contributed by atoms with Gasteiger partial charge in [0, 0.05) is 18.6 Å². The molecule has 0 unspecified atom stereocenters. The molecule has 3 heteroatoms. The van der Waals surface area contributed by atoms with E-state index in [-0.39, 0.29) is 0 Å². The van der Waals surface area contributed by atoms with Crippen LogP contribution in [0.2, 0.25) is 0 Å². The highest BCUT2D eigenvalue weighted by Gasteiger charge is 2.18. The maximum Gasteiger partial charge on any atom is 0.336 e. The monoisotopic (exact) mass is 432 g/mol. The van der Waals surface area contributed by atoms with Crippen LogP contribution in [0.25, 0.3) is 0 Å². The number of aryl methyl sites for hydroxylation is 1. The van der Waals surface area contributed by atoms with Gasteiger partial charge in [0.05, 0.1) is 5.56 Å². The second-order valence-electron chi connectivity index (χ2n) is 9.47. The van der Waals surface area contributed by atoms with Gasteiger partial charge in [-0.3, -0.25) is 0 Å². The van der Waals surface area contributed by atoms with Crippen LogP contribution in [0.4, 0.5) is 0 Å². The molecule has 0 saturated carbocycles. The Kier molecular flexibility index (Phi) is 16.3. The van der Waals surface area contributed by atoms with Crippen molar-refractivity contribution in [3.8, 4) is 0 Å². The number of carboxylic acids is 1. The fraction of sp³-hybridized carbons (Fsp3) is 0.786. The Morgan fingerprint density at radius 2 is 1.13 bits per heavy atom. The molecular formula is C28H50NO2+. The van der Waals surface area contributed by atoms with Gasteiger partial charge < -0.3 is 5.11 Å². The number of rotatable bonds is 20. The first-order chi connectivity index (χ1) is 15.1. The molecule has 1 heterocycles. The standard InChI is InChI=1S/C28H49NO2/c1-4-5-6-7-8-9-10-11-12-13-14-15-16-17-18-19-20-21-22-26-25(2)29(3)24-23-27(26)28(30)31/h23-24H,4-22H2,1-3H3/p+1. The topological polar surface area (TPSA) is 41.2 Å². The molecule has 0 bridgehead atoms. The van der Waals surface area contributed by atoms with Crippen LogP contribution in [0.1, 0.15) is 144 Å². The van der Waals surface area contributed by atoms with Crippen molar-refractivity contribution in [2.24, 2.45) is 7.05 Å². The van der Waals surface area contributed by atoms with E-state index in [1.807, 2.05) is 24.7 Å². The molecule has 1 aromatic heterocycles. The predicted molar refractivity (Wildman–Crippen MR) is 132 cm³/mol. The number of carboxylic acid groups (broad SMARTS) is 1.